The molecule has 0 radical (unpaired) electrons. The van der Waals surface area contributed by atoms with Crippen LogP contribution in [0.5, 0.6) is 0 Å². The molecule has 0 spiro atoms. The van der Waals surface area contributed by atoms with Crippen molar-refractivity contribution in [1.29, 1.82) is 0 Å². The highest BCUT2D eigenvalue weighted by Crippen LogP contribution is 2.26. The Hall–Kier alpha value is -1.63. The normalized spacial score (nSPS) is 20.6. The average Bonchev–Trinajstić information content (AvgIpc) is 2.94. The third-order valence-corrected chi connectivity index (χ3v) is 4.86. The number of benzene rings is 1. The molecule has 1 saturated heterocycles. The minimum atomic E-state index is -0.342. The highest BCUT2D eigenvalue weighted by Gasteiger charge is 2.19. The number of ether oxygens (including phenoxy) is 1. The number of hydrogen-bond acceptors (Lipinski definition) is 4. The number of carbonyl (C=O) groups is 1. The van der Waals surface area contributed by atoms with E-state index in [1.807, 2.05) is 41.1 Å². The lowest BCUT2D eigenvalue weighted by Gasteiger charge is -2.26. The van der Waals surface area contributed by atoms with Crippen molar-refractivity contribution in [3.63, 3.8) is 0 Å². The van der Waals surface area contributed by atoms with Gasteiger partial charge in [-0.25, -0.2) is 4.79 Å². The zero-order valence-corrected chi connectivity index (χ0v) is 15.1. The molecule has 2 heterocycles. The first-order chi connectivity index (χ1) is 11.6. The van der Waals surface area contributed by atoms with E-state index in [-0.39, 0.29) is 25.5 Å². The maximum Gasteiger partial charge on any atom is 0.340 e. The van der Waals surface area contributed by atoms with Crippen molar-refractivity contribution < 1.29 is 14.6 Å². The summed E-state index contributed by atoms with van der Waals surface area (Å²) in [5, 5.41) is 14.2. The van der Waals surface area contributed by atoms with Gasteiger partial charge in [0.25, 0.3) is 0 Å². The summed E-state index contributed by atoms with van der Waals surface area (Å²) in [7, 11) is 1.39. The van der Waals surface area contributed by atoms with Crippen molar-refractivity contribution in [2.75, 3.05) is 13.7 Å². The Labute approximate surface area is 156 Å². The van der Waals surface area contributed by atoms with Crippen LogP contribution >= 0.6 is 15.9 Å². The number of nitrogens with one attached hydrogen (secondary N) is 1. The molecule has 5 nitrogen and oxygen atoms in total. The number of nitrogens with zero attached hydrogens (tertiary/aromatic N) is 1. The summed E-state index contributed by atoms with van der Waals surface area (Å²) >= 11 is 3.45. The number of carbonyl (C=O) groups excluding carboxylic acids is 1. The second-order valence-corrected chi connectivity index (χ2v) is 6.88. The van der Waals surface area contributed by atoms with Gasteiger partial charge in [-0.05, 0) is 37.6 Å². The van der Waals surface area contributed by atoms with Crippen LogP contribution in [-0.2, 0) is 11.3 Å². The number of allylic oxidation sites excluding steroid dienone is 1. The molecule has 0 unspecified atom stereocenters. The topological polar surface area (TPSA) is 63.5 Å². The molecule has 136 valence electrons. The molecule has 2 N–H and O–H groups in total. The van der Waals surface area contributed by atoms with Crippen molar-refractivity contribution in [3.8, 4) is 0 Å². The van der Waals surface area contributed by atoms with Gasteiger partial charge in [0.05, 0.1) is 24.8 Å². The van der Waals surface area contributed by atoms with Crippen molar-refractivity contribution in [2.45, 2.75) is 39.0 Å². The van der Waals surface area contributed by atoms with Crippen molar-refractivity contribution in [1.82, 2.24) is 9.88 Å². The van der Waals surface area contributed by atoms with E-state index in [1.165, 1.54) is 7.11 Å². The van der Waals surface area contributed by atoms with Crippen LogP contribution in [0.4, 0.5) is 0 Å². The SMILES string of the molecule is C.COC(=O)c1cn(C/C=C/[C@H]2NCCC[C@@H]2O)c2ccc(Br)cc12. The molecule has 2 atom stereocenters. The van der Waals surface area contributed by atoms with Gasteiger partial charge >= 0.3 is 5.97 Å². The van der Waals surface area contributed by atoms with Crippen LogP contribution in [0.15, 0.2) is 41.0 Å². The minimum absolute atomic E-state index is 0. The Balaban J connectivity index is 0.00000225. The molecular weight excluding hydrogens is 384 g/mol. The molecule has 0 bridgehead atoms. The lowest BCUT2D eigenvalue weighted by Crippen LogP contribution is -2.43. The van der Waals surface area contributed by atoms with Gasteiger partial charge in [0, 0.05) is 28.1 Å². The summed E-state index contributed by atoms with van der Waals surface area (Å²) in [6.45, 7) is 1.55. The summed E-state index contributed by atoms with van der Waals surface area (Å²) in [4.78, 5) is 12.0. The zero-order chi connectivity index (χ0) is 17.1. The van der Waals surface area contributed by atoms with Crippen LogP contribution in [0.25, 0.3) is 10.9 Å². The maximum atomic E-state index is 12.0. The van der Waals surface area contributed by atoms with Gasteiger partial charge in [-0.2, -0.15) is 0 Å². The highest BCUT2D eigenvalue weighted by atomic mass is 79.9. The predicted octanol–water partition coefficient (Wildman–Crippen LogP) is 3.50. The molecule has 3 rings (SSSR count). The van der Waals surface area contributed by atoms with Crippen molar-refractivity contribution in [3.05, 3.63) is 46.6 Å². The number of aliphatic hydroxyl groups excluding tert-OH is 1. The van der Waals surface area contributed by atoms with Gasteiger partial charge in [-0.15, -0.1) is 0 Å². The van der Waals surface area contributed by atoms with E-state index in [1.54, 1.807) is 0 Å². The fourth-order valence-electron chi connectivity index (χ4n) is 3.11. The summed E-state index contributed by atoms with van der Waals surface area (Å²) in [5.74, 6) is -0.342. The number of esters is 1. The monoisotopic (exact) mass is 408 g/mol. The van der Waals surface area contributed by atoms with E-state index in [9.17, 15) is 9.90 Å². The van der Waals surface area contributed by atoms with Crippen LogP contribution in [0.2, 0.25) is 0 Å². The number of halogens is 1. The average molecular weight is 409 g/mol. The molecule has 1 fully saturated rings. The Kier molecular flexibility index (Phi) is 6.81. The van der Waals surface area contributed by atoms with Crippen LogP contribution in [0.1, 0.15) is 30.6 Å². The minimum Gasteiger partial charge on any atom is -0.465 e. The summed E-state index contributed by atoms with van der Waals surface area (Å²) in [5.41, 5.74) is 1.53. The van der Waals surface area contributed by atoms with Crippen molar-refractivity contribution in [2.24, 2.45) is 0 Å². The standard InChI is InChI=1S/C18H21BrN2O3.CH4/c1-24-18(23)14-11-21(16-7-6-12(19)10-13(14)16)9-3-4-15-17(22)5-2-8-20-15;/h3-4,6-7,10-11,15,17,20,22H,2,5,8-9H2,1H3;1H4/b4-3+;/t15-,17+;/m1./s1. The predicted molar refractivity (Wildman–Crippen MR) is 104 cm³/mol. The fourth-order valence-corrected chi connectivity index (χ4v) is 3.47. The van der Waals surface area contributed by atoms with Gasteiger partial charge in [-0.1, -0.05) is 35.5 Å². The van der Waals surface area contributed by atoms with E-state index in [2.05, 4.69) is 21.2 Å². The summed E-state index contributed by atoms with van der Waals surface area (Å²) in [6.07, 6.45) is 7.34. The number of hydrogen-bond donors (Lipinski definition) is 2. The van der Waals surface area contributed by atoms with Gasteiger partial charge in [-0.3, -0.25) is 0 Å². The Morgan fingerprint density at radius 2 is 2.32 bits per heavy atom. The van der Waals surface area contributed by atoms with E-state index in [0.29, 0.717) is 12.1 Å². The second kappa shape index (κ2) is 8.65. The first-order valence-electron chi connectivity index (χ1n) is 8.05. The maximum absolute atomic E-state index is 12.0. The van der Waals surface area contributed by atoms with Crippen LogP contribution in [0, 0.1) is 0 Å². The Bertz CT molecular complexity index is 769. The zero-order valence-electron chi connectivity index (χ0n) is 13.5. The highest BCUT2D eigenvalue weighted by molar-refractivity contribution is 9.10. The first-order valence-corrected chi connectivity index (χ1v) is 8.84. The molecule has 1 aliphatic rings. The van der Waals surface area contributed by atoms with Crippen molar-refractivity contribution >= 4 is 32.8 Å². The van der Waals surface area contributed by atoms with Crippen LogP contribution < -0.4 is 5.32 Å². The number of rotatable bonds is 4. The molecule has 0 saturated carbocycles. The molecular formula is C19H25BrN2O3. The third-order valence-electron chi connectivity index (χ3n) is 4.37. The van der Waals surface area contributed by atoms with Gasteiger partial charge in [0.2, 0.25) is 0 Å². The molecule has 1 aromatic heterocycles. The lowest BCUT2D eigenvalue weighted by atomic mass is 10.0. The largest absolute Gasteiger partial charge is 0.465 e. The fraction of sp³-hybridized carbons (Fsp3) is 0.421. The van der Waals surface area contributed by atoms with E-state index in [0.717, 1.165) is 34.8 Å². The quantitative estimate of drug-likeness (QED) is 0.600. The molecule has 0 amide bonds. The van der Waals surface area contributed by atoms with Gasteiger partial charge < -0.3 is 19.7 Å². The number of fused-ring (bicyclic) bond motifs is 1. The molecule has 25 heavy (non-hydrogen) atoms. The molecule has 0 aliphatic carbocycles. The smallest absolute Gasteiger partial charge is 0.340 e. The number of aromatic nitrogens is 1. The first kappa shape index (κ1) is 19.7. The van der Waals surface area contributed by atoms with Crippen LogP contribution in [0.3, 0.4) is 0 Å². The molecule has 1 aromatic carbocycles. The summed E-state index contributed by atoms with van der Waals surface area (Å²) in [6, 6.07) is 5.85. The van der Waals surface area contributed by atoms with E-state index < -0.39 is 0 Å². The lowest BCUT2D eigenvalue weighted by molar-refractivity contribution is 0.0602. The van der Waals surface area contributed by atoms with E-state index >= 15 is 0 Å². The second-order valence-electron chi connectivity index (χ2n) is 5.97. The number of methoxy groups -OCH3 is 1. The summed E-state index contributed by atoms with van der Waals surface area (Å²) < 4.78 is 7.82. The Morgan fingerprint density at radius 1 is 1.52 bits per heavy atom. The number of aliphatic hydroxyl groups is 1. The van der Waals surface area contributed by atoms with Crippen LogP contribution in [-0.4, -0.2) is 41.4 Å². The molecule has 6 heteroatoms. The van der Waals surface area contributed by atoms with Gasteiger partial charge in [0.1, 0.15) is 0 Å². The van der Waals surface area contributed by atoms with Gasteiger partial charge in [0.15, 0.2) is 0 Å². The molecule has 2 aromatic rings. The van der Waals surface area contributed by atoms with E-state index in [4.69, 9.17) is 4.74 Å². The molecule has 1 aliphatic heterocycles. The Morgan fingerprint density at radius 3 is 3.04 bits per heavy atom. The third kappa shape index (κ3) is 4.32. The number of piperidine rings is 1.